The van der Waals surface area contributed by atoms with E-state index in [1.807, 2.05) is 13.0 Å². The number of carbonyl (C=O) groups is 2. The number of carboxylic acids is 1. The Morgan fingerprint density at radius 3 is 2.93 bits per heavy atom. The lowest BCUT2D eigenvalue weighted by molar-refractivity contribution is -0.156. The number of hydrogen-bond donors (Lipinski definition) is 1. The van der Waals surface area contributed by atoms with Crippen LogP contribution in [0.2, 0.25) is 0 Å². The van der Waals surface area contributed by atoms with Crippen molar-refractivity contribution in [2.24, 2.45) is 11.3 Å². The second-order valence-electron chi connectivity index (χ2n) is 4.70. The van der Waals surface area contributed by atoms with Gasteiger partial charge in [0.15, 0.2) is 5.78 Å². The van der Waals surface area contributed by atoms with Crippen LogP contribution in [0.25, 0.3) is 0 Å². The number of Topliss-reactive ketones (excluding diaryl/α,β-unsaturated/α-hetero) is 1. The van der Waals surface area contributed by atoms with Crippen molar-refractivity contribution in [3.05, 3.63) is 11.6 Å². The highest BCUT2D eigenvalue weighted by Gasteiger charge is 2.50. The zero-order valence-corrected chi connectivity index (χ0v) is 8.95. The van der Waals surface area contributed by atoms with Gasteiger partial charge in [0.1, 0.15) is 5.41 Å². The van der Waals surface area contributed by atoms with Crippen molar-refractivity contribution in [3.8, 4) is 0 Å². The van der Waals surface area contributed by atoms with Gasteiger partial charge in [0, 0.05) is 5.92 Å². The third kappa shape index (κ3) is 1.41. The number of aliphatic carboxylic acids is 1. The number of carbonyl (C=O) groups excluding carboxylic acids is 1. The standard InChI is InChI=1S/C12H16O3/c1-8-5-7-12(11(14)15)6-3-2-4-9(8)10(12)13/h5,9H,2-4,6-7H2,1H3,(H,14,15)/t9-,12+/m0/s1. The maximum atomic E-state index is 12.2. The number of allylic oxidation sites excluding steroid dienone is 2. The molecule has 2 atom stereocenters. The van der Waals surface area contributed by atoms with Gasteiger partial charge < -0.3 is 5.11 Å². The Balaban J connectivity index is 2.46. The van der Waals surface area contributed by atoms with Gasteiger partial charge in [-0.25, -0.2) is 0 Å². The molecule has 0 saturated heterocycles. The Hall–Kier alpha value is -1.12. The fourth-order valence-electron chi connectivity index (χ4n) is 2.78. The average Bonchev–Trinajstić information content (AvgIpc) is 2.28. The Kier molecular flexibility index (Phi) is 2.41. The minimum Gasteiger partial charge on any atom is -0.480 e. The van der Waals surface area contributed by atoms with E-state index in [1.54, 1.807) is 0 Å². The molecule has 0 aromatic carbocycles. The van der Waals surface area contributed by atoms with Crippen LogP contribution in [0.5, 0.6) is 0 Å². The summed E-state index contributed by atoms with van der Waals surface area (Å²) in [5.41, 5.74) is -0.0282. The molecule has 0 aromatic heterocycles. The number of hydrogen-bond acceptors (Lipinski definition) is 2. The Morgan fingerprint density at radius 1 is 1.53 bits per heavy atom. The van der Waals surface area contributed by atoms with Crippen LogP contribution >= 0.6 is 0 Å². The molecule has 0 heterocycles. The first-order valence-corrected chi connectivity index (χ1v) is 5.52. The SMILES string of the molecule is CC1=CC[C@]2(C(=O)O)CCCC[C@@H]1C2=O. The lowest BCUT2D eigenvalue weighted by Gasteiger charge is -2.32. The highest BCUT2D eigenvalue weighted by Crippen LogP contribution is 2.44. The van der Waals surface area contributed by atoms with Gasteiger partial charge in [-0.15, -0.1) is 0 Å². The van der Waals surface area contributed by atoms with E-state index in [9.17, 15) is 14.7 Å². The number of fused-ring (bicyclic) bond motifs is 2. The van der Waals surface area contributed by atoms with Crippen LogP contribution in [0, 0.1) is 11.3 Å². The predicted molar refractivity (Wildman–Crippen MR) is 55.4 cm³/mol. The molecule has 2 aliphatic carbocycles. The monoisotopic (exact) mass is 208 g/mol. The van der Waals surface area contributed by atoms with Crippen molar-refractivity contribution in [3.63, 3.8) is 0 Å². The van der Waals surface area contributed by atoms with E-state index in [2.05, 4.69) is 0 Å². The summed E-state index contributed by atoms with van der Waals surface area (Å²) >= 11 is 0. The van der Waals surface area contributed by atoms with Crippen LogP contribution in [0.15, 0.2) is 11.6 Å². The van der Waals surface area contributed by atoms with E-state index in [0.717, 1.165) is 24.8 Å². The van der Waals surface area contributed by atoms with Crippen molar-refractivity contribution in [1.82, 2.24) is 0 Å². The molecule has 0 amide bonds. The maximum absolute atomic E-state index is 12.2. The van der Waals surface area contributed by atoms with Crippen LogP contribution in [0.4, 0.5) is 0 Å². The minimum atomic E-state index is -1.10. The Bertz CT molecular complexity index is 343. The van der Waals surface area contributed by atoms with Crippen LogP contribution in [-0.4, -0.2) is 16.9 Å². The normalized spacial score (nSPS) is 35.7. The molecule has 1 N–H and O–H groups in total. The number of ketones is 1. The zero-order valence-electron chi connectivity index (χ0n) is 8.95. The fraction of sp³-hybridized carbons (Fsp3) is 0.667. The topological polar surface area (TPSA) is 54.4 Å². The van der Waals surface area contributed by atoms with Crippen molar-refractivity contribution in [2.45, 2.75) is 39.0 Å². The Morgan fingerprint density at radius 2 is 2.27 bits per heavy atom. The summed E-state index contributed by atoms with van der Waals surface area (Å²) in [4.78, 5) is 23.5. The summed E-state index contributed by atoms with van der Waals surface area (Å²) in [6, 6.07) is 0. The predicted octanol–water partition coefficient (Wildman–Crippen LogP) is 2.17. The van der Waals surface area contributed by atoms with Crippen molar-refractivity contribution >= 4 is 11.8 Å². The molecular formula is C12H16O3. The van der Waals surface area contributed by atoms with E-state index >= 15 is 0 Å². The Labute approximate surface area is 89.2 Å². The van der Waals surface area contributed by atoms with Gasteiger partial charge in [-0.1, -0.05) is 24.5 Å². The molecule has 82 valence electrons. The van der Waals surface area contributed by atoms with E-state index < -0.39 is 11.4 Å². The molecule has 3 nitrogen and oxygen atoms in total. The maximum Gasteiger partial charge on any atom is 0.317 e. The van der Waals surface area contributed by atoms with Crippen LogP contribution in [0.3, 0.4) is 0 Å². The summed E-state index contributed by atoms with van der Waals surface area (Å²) in [7, 11) is 0. The van der Waals surface area contributed by atoms with Gasteiger partial charge in [0.25, 0.3) is 0 Å². The summed E-state index contributed by atoms with van der Waals surface area (Å²) < 4.78 is 0. The molecule has 0 aliphatic heterocycles. The molecule has 2 rings (SSSR count). The average molecular weight is 208 g/mol. The molecule has 1 saturated carbocycles. The second kappa shape index (κ2) is 3.47. The summed E-state index contributed by atoms with van der Waals surface area (Å²) in [5, 5.41) is 9.27. The molecule has 2 bridgehead atoms. The van der Waals surface area contributed by atoms with E-state index in [-0.39, 0.29) is 11.7 Å². The molecule has 3 heteroatoms. The van der Waals surface area contributed by atoms with Gasteiger partial charge in [0.2, 0.25) is 0 Å². The van der Waals surface area contributed by atoms with Crippen LogP contribution in [0.1, 0.15) is 39.0 Å². The van der Waals surface area contributed by atoms with Crippen molar-refractivity contribution in [1.29, 1.82) is 0 Å². The first-order chi connectivity index (χ1) is 7.08. The highest BCUT2D eigenvalue weighted by atomic mass is 16.4. The first kappa shape index (κ1) is 10.4. The number of carboxylic acid groups (broad SMARTS) is 1. The molecule has 1 fully saturated rings. The first-order valence-electron chi connectivity index (χ1n) is 5.52. The lowest BCUT2D eigenvalue weighted by atomic mass is 9.68. The number of rotatable bonds is 1. The van der Waals surface area contributed by atoms with E-state index in [4.69, 9.17) is 0 Å². The molecule has 15 heavy (non-hydrogen) atoms. The molecular weight excluding hydrogens is 192 g/mol. The third-order valence-electron chi connectivity index (χ3n) is 3.87. The van der Waals surface area contributed by atoms with Gasteiger partial charge in [-0.05, 0) is 26.2 Å². The van der Waals surface area contributed by atoms with Gasteiger partial charge in [-0.2, -0.15) is 0 Å². The van der Waals surface area contributed by atoms with Gasteiger partial charge in [0.05, 0.1) is 0 Å². The van der Waals surface area contributed by atoms with Crippen molar-refractivity contribution < 1.29 is 14.7 Å². The summed E-state index contributed by atoms with van der Waals surface area (Å²) in [6.45, 7) is 1.94. The van der Waals surface area contributed by atoms with E-state index in [1.165, 1.54) is 0 Å². The fourth-order valence-corrected chi connectivity index (χ4v) is 2.78. The third-order valence-corrected chi connectivity index (χ3v) is 3.87. The van der Waals surface area contributed by atoms with Crippen molar-refractivity contribution in [2.75, 3.05) is 0 Å². The van der Waals surface area contributed by atoms with Gasteiger partial charge in [-0.3, -0.25) is 9.59 Å². The molecule has 2 aliphatic rings. The molecule has 0 unspecified atom stereocenters. The second-order valence-corrected chi connectivity index (χ2v) is 4.70. The van der Waals surface area contributed by atoms with E-state index in [0.29, 0.717) is 12.8 Å². The molecule has 0 radical (unpaired) electrons. The lowest BCUT2D eigenvalue weighted by Crippen LogP contribution is -2.44. The van der Waals surface area contributed by atoms with Crippen LogP contribution in [-0.2, 0) is 9.59 Å². The largest absolute Gasteiger partial charge is 0.480 e. The molecule has 0 aromatic rings. The zero-order chi connectivity index (χ0) is 11.1. The summed E-state index contributed by atoms with van der Waals surface area (Å²) in [6.07, 6.45) is 5.51. The minimum absolute atomic E-state index is 0.0486. The highest BCUT2D eigenvalue weighted by molar-refractivity contribution is 6.06. The van der Waals surface area contributed by atoms with Gasteiger partial charge >= 0.3 is 5.97 Å². The summed E-state index contributed by atoms with van der Waals surface area (Å²) in [5.74, 6) is -1.10. The smallest absolute Gasteiger partial charge is 0.317 e. The van der Waals surface area contributed by atoms with Crippen LogP contribution < -0.4 is 0 Å². The quantitative estimate of drug-likeness (QED) is 0.530. The molecule has 0 spiro atoms.